The van der Waals surface area contributed by atoms with Crippen molar-refractivity contribution in [3.05, 3.63) is 97.6 Å². The Morgan fingerprint density at radius 3 is 0.590 bits per heavy atom. The molecular formula is C20H16F12N4P2Pd. The maximum Gasteiger partial charge on any atom is 2.00 e. The molecule has 39 heavy (non-hydrogen) atoms. The molecule has 19 heteroatoms. The van der Waals surface area contributed by atoms with E-state index in [9.17, 15) is 50.4 Å². The van der Waals surface area contributed by atoms with E-state index in [2.05, 4.69) is 19.9 Å². The van der Waals surface area contributed by atoms with Gasteiger partial charge in [-0.25, -0.2) is 0 Å². The molecule has 0 saturated heterocycles. The molecule has 220 valence electrons. The van der Waals surface area contributed by atoms with Gasteiger partial charge in [-0.15, -0.1) is 0 Å². The first-order valence-corrected chi connectivity index (χ1v) is 13.7. The van der Waals surface area contributed by atoms with Crippen LogP contribution in [-0.4, -0.2) is 19.9 Å². The second kappa shape index (κ2) is 11.8. The van der Waals surface area contributed by atoms with Crippen molar-refractivity contribution in [1.29, 1.82) is 0 Å². The summed E-state index contributed by atoms with van der Waals surface area (Å²) in [6.07, 6.45) is 7.07. The number of hydrogen-bond acceptors (Lipinski definition) is 4. The van der Waals surface area contributed by atoms with Crippen LogP contribution >= 0.6 is 15.6 Å². The van der Waals surface area contributed by atoms with Crippen molar-refractivity contribution in [2.75, 3.05) is 0 Å². The average molecular weight is 709 g/mol. The predicted octanol–water partition coefficient (Wildman–Crippen LogP) is 11.0. The summed E-state index contributed by atoms with van der Waals surface area (Å²) in [4.78, 5) is 16.7. The Balaban J connectivity index is 0.000000508. The predicted molar refractivity (Wildman–Crippen MR) is 122 cm³/mol. The number of nitrogens with zero attached hydrogens (tertiary/aromatic N) is 4. The van der Waals surface area contributed by atoms with Crippen molar-refractivity contribution in [2.45, 2.75) is 0 Å². The SMILES string of the molecule is F[P-](F)(F)(F)(F)F.F[P-](F)(F)(F)(F)F.[Pd+2].c1ccc(-c2ccccn2)nc1.c1ccc(-c2ccccn2)nc1. The first-order valence-electron chi connectivity index (χ1n) is 9.61. The maximum absolute atomic E-state index is 10.7. The van der Waals surface area contributed by atoms with Gasteiger partial charge in [0, 0.05) is 24.8 Å². The fraction of sp³-hybridized carbons (Fsp3) is 0. The molecule has 0 aliphatic heterocycles. The van der Waals surface area contributed by atoms with Crippen LogP contribution in [0.3, 0.4) is 0 Å². The monoisotopic (exact) mass is 708 g/mol. The summed E-state index contributed by atoms with van der Waals surface area (Å²) in [6.45, 7) is 0. The Bertz CT molecular complexity index is 1060. The summed E-state index contributed by atoms with van der Waals surface area (Å²) in [5.74, 6) is 0. The van der Waals surface area contributed by atoms with E-state index >= 15 is 0 Å². The Hall–Kier alpha value is -2.72. The molecule has 0 spiro atoms. The number of pyridine rings is 4. The third-order valence-corrected chi connectivity index (χ3v) is 3.18. The van der Waals surface area contributed by atoms with Gasteiger partial charge in [0.15, 0.2) is 0 Å². The van der Waals surface area contributed by atoms with Gasteiger partial charge in [0.25, 0.3) is 0 Å². The van der Waals surface area contributed by atoms with Crippen LogP contribution in [0.15, 0.2) is 97.6 Å². The smallest absolute Gasteiger partial charge is 0.255 e. The normalized spacial score (nSPS) is 14.3. The van der Waals surface area contributed by atoms with Crippen molar-refractivity contribution in [3.63, 3.8) is 0 Å². The molecule has 0 unspecified atom stereocenters. The minimum Gasteiger partial charge on any atom is -0.255 e. The Morgan fingerprint density at radius 1 is 0.333 bits per heavy atom. The molecule has 4 aromatic heterocycles. The summed E-state index contributed by atoms with van der Waals surface area (Å²) >= 11 is 0. The van der Waals surface area contributed by atoms with Gasteiger partial charge >= 0.3 is 86.4 Å². The molecule has 0 fully saturated rings. The Morgan fingerprint density at radius 2 is 0.487 bits per heavy atom. The molecule has 4 aromatic rings. The van der Waals surface area contributed by atoms with Crippen molar-refractivity contribution in [1.82, 2.24) is 19.9 Å². The molecule has 0 amide bonds. The zero-order valence-electron chi connectivity index (χ0n) is 18.8. The largest absolute Gasteiger partial charge is 2.00 e. The minimum atomic E-state index is -10.7. The third-order valence-electron chi connectivity index (χ3n) is 3.18. The third kappa shape index (κ3) is 28.1. The summed E-state index contributed by atoms with van der Waals surface area (Å²) in [6, 6.07) is 23.2. The second-order valence-electron chi connectivity index (χ2n) is 6.78. The van der Waals surface area contributed by atoms with E-state index in [1.165, 1.54) is 0 Å². The molecule has 0 aliphatic rings. The maximum atomic E-state index is 9.87. The van der Waals surface area contributed by atoms with E-state index < -0.39 is 15.6 Å². The van der Waals surface area contributed by atoms with E-state index in [1.807, 2.05) is 72.8 Å². The van der Waals surface area contributed by atoms with Crippen LogP contribution in [0.4, 0.5) is 50.4 Å². The second-order valence-corrected chi connectivity index (χ2v) is 10.6. The van der Waals surface area contributed by atoms with Gasteiger partial charge in [-0.05, 0) is 48.5 Å². The molecule has 0 atom stereocenters. The van der Waals surface area contributed by atoms with E-state index in [0.29, 0.717) is 0 Å². The van der Waals surface area contributed by atoms with E-state index in [0.717, 1.165) is 22.8 Å². The molecular weight excluding hydrogens is 693 g/mol. The van der Waals surface area contributed by atoms with Crippen molar-refractivity contribution >= 4 is 15.6 Å². The van der Waals surface area contributed by atoms with Gasteiger partial charge in [0.2, 0.25) is 0 Å². The molecule has 4 rings (SSSR count). The Labute approximate surface area is 226 Å². The summed E-state index contributed by atoms with van der Waals surface area (Å²) in [5, 5.41) is 0. The summed E-state index contributed by atoms with van der Waals surface area (Å²) < 4.78 is 118. The van der Waals surface area contributed by atoms with Crippen LogP contribution in [-0.2, 0) is 20.4 Å². The zero-order valence-corrected chi connectivity index (χ0v) is 22.1. The molecule has 0 bridgehead atoms. The molecule has 4 heterocycles. The van der Waals surface area contributed by atoms with Crippen molar-refractivity contribution in [3.8, 4) is 22.8 Å². The van der Waals surface area contributed by atoms with Crippen LogP contribution in [0.25, 0.3) is 22.8 Å². The molecule has 4 nitrogen and oxygen atoms in total. The molecule has 0 aliphatic carbocycles. The van der Waals surface area contributed by atoms with Crippen molar-refractivity contribution < 1.29 is 70.8 Å². The summed E-state index contributed by atoms with van der Waals surface area (Å²) in [5.41, 5.74) is 3.66. The van der Waals surface area contributed by atoms with E-state index in [-0.39, 0.29) is 20.4 Å². The number of halogens is 12. The van der Waals surface area contributed by atoms with Crippen LogP contribution < -0.4 is 0 Å². The molecule has 0 N–H and O–H groups in total. The molecule has 0 radical (unpaired) electrons. The van der Waals surface area contributed by atoms with Crippen LogP contribution in [0, 0.1) is 0 Å². The standard InChI is InChI=1S/2C10H8N2.2F6P.Pd/c2*1-3-7-11-9(5-1)10-6-2-4-8-12-10;2*1-7(2,3,4,5)6;/h2*1-8H;;;/q;;2*-1;+2. The van der Waals surface area contributed by atoms with Crippen LogP contribution in [0.2, 0.25) is 0 Å². The van der Waals surface area contributed by atoms with Crippen LogP contribution in [0.5, 0.6) is 0 Å². The van der Waals surface area contributed by atoms with Crippen LogP contribution in [0.1, 0.15) is 0 Å². The molecule has 0 saturated carbocycles. The first-order chi connectivity index (χ1) is 16.8. The topological polar surface area (TPSA) is 51.6 Å². The minimum absolute atomic E-state index is 0. The summed E-state index contributed by atoms with van der Waals surface area (Å²) in [7, 11) is -21.3. The van der Waals surface area contributed by atoms with Crippen molar-refractivity contribution in [2.24, 2.45) is 0 Å². The number of rotatable bonds is 2. The van der Waals surface area contributed by atoms with Gasteiger partial charge in [-0.3, -0.25) is 19.9 Å². The fourth-order valence-electron chi connectivity index (χ4n) is 2.06. The van der Waals surface area contributed by atoms with Gasteiger partial charge < -0.3 is 0 Å². The number of aromatic nitrogens is 4. The average Bonchev–Trinajstić information content (AvgIpc) is 2.78. The van der Waals surface area contributed by atoms with E-state index in [1.54, 1.807) is 24.8 Å². The molecule has 0 aromatic carbocycles. The number of hydrogen-bond donors (Lipinski definition) is 0. The fourth-order valence-corrected chi connectivity index (χ4v) is 2.06. The quantitative estimate of drug-likeness (QED) is 0.118. The zero-order chi connectivity index (χ0) is 29.3. The van der Waals surface area contributed by atoms with Gasteiger partial charge in [0.1, 0.15) is 0 Å². The van der Waals surface area contributed by atoms with Gasteiger partial charge in [-0.2, -0.15) is 0 Å². The first kappa shape index (κ1) is 36.3. The Kier molecular flexibility index (Phi) is 11.0. The van der Waals surface area contributed by atoms with Gasteiger partial charge in [0.05, 0.1) is 22.8 Å². The van der Waals surface area contributed by atoms with E-state index in [4.69, 9.17) is 0 Å². The van der Waals surface area contributed by atoms with Gasteiger partial charge in [-0.1, -0.05) is 24.3 Å².